The van der Waals surface area contributed by atoms with Gasteiger partial charge in [-0.15, -0.1) is 0 Å². The Hall–Kier alpha value is 0.700. The molecule has 4 nitrogen and oxygen atoms in total. The van der Waals surface area contributed by atoms with Gasteiger partial charge in [0, 0.05) is 11.3 Å². The van der Waals surface area contributed by atoms with Crippen molar-refractivity contribution >= 4 is 16.8 Å². The molecule has 1 rings (SSSR count). The van der Waals surface area contributed by atoms with Crippen molar-refractivity contribution in [3.63, 3.8) is 0 Å². The van der Waals surface area contributed by atoms with Crippen molar-refractivity contribution in [2.75, 3.05) is 0 Å². The van der Waals surface area contributed by atoms with Crippen LogP contribution in [0.15, 0.2) is 0 Å². The van der Waals surface area contributed by atoms with Crippen LogP contribution in [-0.2, 0) is 18.1 Å². The lowest BCUT2D eigenvalue weighted by Crippen LogP contribution is -2.25. The van der Waals surface area contributed by atoms with E-state index in [-0.39, 0.29) is 24.4 Å². The van der Waals surface area contributed by atoms with Crippen molar-refractivity contribution < 1.29 is 18.1 Å². The molecule has 0 aromatic carbocycles. The quantitative estimate of drug-likeness (QED) is 0.399. The summed E-state index contributed by atoms with van der Waals surface area (Å²) >= 11 is 0. The predicted molar refractivity (Wildman–Crippen MR) is 105 cm³/mol. The van der Waals surface area contributed by atoms with E-state index in [2.05, 4.69) is 55.4 Å². The Balaban J connectivity index is 2.60. The van der Waals surface area contributed by atoms with Crippen LogP contribution in [-0.4, -0.2) is 35.7 Å². The highest BCUT2D eigenvalue weighted by Gasteiger charge is 2.35. The van der Waals surface area contributed by atoms with Gasteiger partial charge in [-0.3, -0.25) is 0 Å². The third-order valence-electron chi connectivity index (χ3n) is 3.52. The number of hydrogen-bond acceptors (Lipinski definition) is 4. The molecular weight excluding hydrogens is 342 g/mol. The topological polar surface area (TPSA) is 36.9 Å². The zero-order chi connectivity index (χ0) is 18.3. The Morgan fingerprint density at radius 2 is 0.708 bits per heavy atom. The molecule has 1 aliphatic carbocycles. The molecule has 1 saturated carbocycles. The summed E-state index contributed by atoms with van der Waals surface area (Å²) < 4.78 is 24.4. The van der Waals surface area contributed by atoms with Crippen LogP contribution in [0.4, 0.5) is 0 Å². The predicted octanol–water partition coefficient (Wildman–Crippen LogP) is 6.62. The number of rotatable bonds is 10. The Labute approximate surface area is 152 Å². The molecule has 0 N–H and O–H groups in total. The Kier molecular flexibility index (Phi) is 10.8. The van der Waals surface area contributed by atoms with E-state index in [1.807, 2.05) is 0 Å². The highest BCUT2D eigenvalue weighted by molar-refractivity contribution is 7.48. The van der Waals surface area contributed by atoms with Gasteiger partial charge in [-0.05, 0) is 81.1 Å². The summed E-state index contributed by atoms with van der Waals surface area (Å²) in [5.74, 6) is 0. The first-order chi connectivity index (χ1) is 11.2. The van der Waals surface area contributed by atoms with E-state index >= 15 is 0 Å². The summed E-state index contributed by atoms with van der Waals surface area (Å²) in [6.07, 6.45) is 5.48. The monoisotopic (exact) mass is 380 g/mol. The molecule has 0 heterocycles. The van der Waals surface area contributed by atoms with E-state index in [1.165, 1.54) is 0 Å². The second-order valence-corrected chi connectivity index (χ2v) is 11.1. The highest BCUT2D eigenvalue weighted by Crippen LogP contribution is 2.57. The third kappa shape index (κ3) is 8.88. The van der Waals surface area contributed by atoms with Crippen molar-refractivity contribution in [2.45, 2.75) is 117 Å². The SMILES string of the molecule is CC(C)OP(OC(C)C)C1CCC(P(OC(C)C)OC(C)C)CC1. The van der Waals surface area contributed by atoms with Crippen LogP contribution in [0.2, 0.25) is 0 Å². The van der Waals surface area contributed by atoms with E-state index in [0.29, 0.717) is 11.3 Å². The average Bonchev–Trinajstić information content (AvgIpc) is 2.44. The van der Waals surface area contributed by atoms with Crippen LogP contribution >= 0.6 is 16.8 Å². The largest absolute Gasteiger partial charge is 0.331 e. The van der Waals surface area contributed by atoms with E-state index in [9.17, 15) is 0 Å². The third-order valence-corrected chi connectivity index (χ3v) is 8.26. The zero-order valence-corrected chi connectivity index (χ0v) is 18.6. The lowest BCUT2D eigenvalue weighted by molar-refractivity contribution is 0.161. The summed E-state index contributed by atoms with van der Waals surface area (Å²) in [7, 11) is -1.61. The van der Waals surface area contributed by atoms with Gasteiger partial charge in [0.1, 0.15) is 0 Å². The molecule has 1 aliphatic rings. The normalized spacial score (nSPS) is 22.8. The molecule has 6 heteroatoms. The molecule has 0 radical (unpaired) electrons. The molecule has 0 aromatic heterocycles. The first-order valence-corrected chi connectivity index (χ1v) is 11.9. The molecule has 0 spiro atoms. The summed E-state index contributed by atoms with van der Waals surface area (Å²) in [5.41, 5.74) is 1.08. The van der Waals surface area contributed by atoms with Crippen molar-refractivity contribution in [2.24, 2.45) is 0 Å². The van der Waals surface area contributed by atoms with Crippen LogP contribution in [0.25, 0.3) is 0 Å². The van der Waals surface area contributed by atoms with Gasteiger partial charge in [0.05, 0.1) is 24.4 Å². The molecule has 1 fully saturated rings. The van der Waals surface area contributed by atoms with Gasteiger partial charge in [0.15, 0.2) is 16.8 Å². The van der Waals surface area contributed by atoms with E-state index in [4.69, 9.17) is 18.1 Å². The van der Waals surface area contributed by atoms with Gasteiger partial charge in [0.2, 0.25) is 0 Å². The van der Waals surface area contributed by atoms with Gasteiger partial charge in [-0.2, -0.15) is 0 Å². The minimum atomic E-state index is -0.804. The molecule has 0 bridgehead atoms. The standard InChI is InChI=1S/C18H38O4P2/c1-13(2)19-23(20-14(3)4)17-9-11-18(12-10-17)24(21-15(5)6)22-16(7)8/h13-18H,9-12H2,1-8H3. The molecule has 0 atom stereocenters. The van der Waals surface area contributed by atoms with Crippen LogP contribution in [0.5, 0.6) is 0 Å². The number of hydrogen-bond donors (Lipinski definition) is 0. The van der Waals surface area contributed by atoms with Gasteiger partial charge in [-0.25, -0.2) is 0 Å². The Morgan fingerprint density at radius 3 is 0.875 bits per heavy atom. The Morgan fingerprint density at radius 1 is 0.500 bits per heavy atom. The minimum Gasteiger partial charge on any atom is -0.331 e. The minimum absolute atomic E-state index is 0.221. The summed E-state index contributed by atoms with van der Waals surface area (Å²) in [5, 5.41) is 0. The molecule has 0 unspecified atom stereocenters. The van der Waals surface area contributed by atoms with E-state index < -0.39 is 16.8 Å². The second kappa shape index (κ2) is 11.4. The van der Waals surface area contributed by atoms with Crippen molar-refractivity contribution in [1.82, 2.24) is 0 Å². The fourth-order valence-corrected chi connectivity index (χ4v) is 6.59. The maximum absolute atomic E-state index is 6.11. The fourth-order valence-electron chi connectivity index (χ4n) is 2.70. The van der Waals surface area contributed by atoms with Crippen LogP contribution in [0, 0.1) is 0 Å². The first kappa shape index (κ1) is 22.7. The van der Waals surface area contributed by atoms with Crippen molar-refractivity contribution in [3.05, 3.63) is 0 Å². The zero-order valence-electron chi connectivity index (χ0n) is 16.8. The van der Waals surface area contributed by atoms with Crippen LogP contribution in [0.3, 0.4) is 0 Å². The van der Waals surface area contributed by atoms with Crippen LogP contribution < -0.4 is 0 Å². The molecule has 0 amide bonds. The summed E-state index contributed by atoms with van der Waals surface area (Å²) in [6.45, 7) is 16.8. The van der Waals surface area contributed by atoms with Crippen molar-refractivity contribution in [1.29, 1.82) is 0 Å². The molecular formula is C18H38O4P2. The van der Waals surface area contributed by atoms with Crippen molar-refractivity contribution in [3.8, 4) is 0 Å². The van der Waals surface area contributed by atoms with Gasteiger partial charge in [-0.1, -0.05) is 0 Å². The Bertz CT molecular complexity index is 277. The molecule has 144 valence electrons. The average molecular weight is 380 g/mol. The summed E-state index contributed by atoms with van der Waals surface area (Å²) in [4.78, 5) is 0. The van der Waals surface area contributed by atoms with Crippen LogP contribution in [0.1, 0.15) is 81.1 Å². The molecule has 0 saturated heterocycles. The molecule has 24 heavy (non-hydrogen) atoms. The second-order valence-electron chi connectivity index (χ2n) is 7.65. The lowest BCUT2D eigenvalue weighted by atomic mass is 10.00. The summed E-state index contributed by atoms with van der Waals surface area (Å²) in [6, 6.07) is 0. The highest BCUT2D eigenvalue weighted by atomic mass is 31.2. The smallest absolute Gasteiger partial charge is 0.174 e. The van der Waals surface area contributed by atoms with E-state index in [1.54, 1.807) is 0 Å². The maximum atomic E-state index is 6.11. The van der Waals surface area contributed by atoms with Gasteiger partial charge >= 0.3 is 0 Å². The maximum Gasteiger partial charge on any atom is 0.174 e. The lowest BCUT2D eigenvalue weighted by Gasteiger charge is -2.37. The van der Waals surface area contributed by atoms with Gasteiger partial charge < -0.3 is 18.1 Å². The fraction of sp³-hybridized carbons (Fsp3) is 1.00. The first-order valence-electron chi connectivity index (χ1n) is 9.44. The van der Waals surface area contributed by atoms with Gasteiger partial charge in [0.25, 0.3) is 0 Å². The van der Waals surface area contributed by atoms with E-state index in [0.717, 1.165) is 25.7 Å². The molecule has 0 aliphatic heterocycles. The molecule has 0 aromatic rings.